The third-order valence-electron chi connectivity index (χ3n) is 6.97. The summed E-state index contributed by atoms with van der Waals surface area (Å²) in [4.78, 5) is 17.4. The third kappa shape index (κ3) is 6.97. The molecule has 8 heteroatoms. The normalized spacial score (nSPS) is 23.8. The van der Waals surface area contributed by atoms with Crippen LogP contribution in [0.4, 0.5) is 0 Å². The van der Waals surface area contributed by atoms with Gasteiger partial charge in [-0.2, -0.15) is 0 Å². The van der Waals surface area contributed by atoms with Gasteiger partial charge in [-0.05, 0) is 48.9 Å². The second-order valence-corrected chi connectivity index (χ2v) is 10.3. The maximum atomic E-state index is 13.3. The zero-order chi connectivity index (χ0) is 24.8. The number of ether oxygens (including phenoxy) is 2. The molecule has 2 heterocycles. The molecule has 0 aliphatic carbocycles. The van der Waals surface area contributed by atoms with Gasteiger partial charge in [-0.15, -0.1) is 0 Å². The van der Waals surface area contributed by atoms with Crippen molar-refractivity contribution in [2.24, 2.45) is 0 Å². The van der Waals surface area contributed by atoms with Crippen LogP contribution in [0.2, 0.25) is 10.0 Å². The first kappa shape index (κ1) is 26.4. The Kier molecular flexibility index (Phi) is 9.45. The molecule has 0 aromatic heterocycles. The van der Waals surface area contributed by atoms with Crippen molar-refractivity contribution in [1.82, 2.24) is 9.80 Å². The van der Waals surface area contributed by atoms with Crippen molar-refractivity contribution in [3.8, 4) is 0 Å². The average molecular weight is 521 g/mol. The van der Waals surface area contributed by atoms with Gasteiger partial charge in [0.05, 0.1) is 35.2 Å². The molecule has 4 atom stereocenters. The van der Waals surface area contributed by atoms with Crippen LogP contribution in [0.25, 0.3) is 0 Å². The average Bonchev–Trinajstić information content (AvgIpc) is 3.26. The molecule has 1 amide bonds. The number of rotatable bonds is 9. The maximum Gasteiger partial charge on any atom is 0.227 e. The number of likely N-dealkylation sites (N-methyl/N-ethyl adjacent to an activating group) is 1. The summed E-state index contributed by atoms with van der Waals surface area (Å²) >= 11 is 12.2. The van der Waals surface area contributed by atoms with Gasteiger partial charge in [0.1, 0.15) is 0 Å². The fourth-order valence-electron chi connectivity index (χ4n) is 4.95. The number of nitrogens with zero attached hydrogens (tertiary/aromatic N) is 2. The van der Waals surface area contributed by atoms with Crippen LogP contribution in [0, 0.1) is 0 Å². The molecule has 35 heavy (non-hydrogen) atoms. The van der Waals surface area contributed by atoms with E-state index in [4.69, 9.17) is 32.7 Å². The van der Waals surface area contributed by atoms with Crippen molar-refractivity contribution in [1.29, 1.82) is 0 Å². The first-order valence-electron chi connectivity index (χ1n) is 12.3. The van der Waals surface area contributed by atoms with Gasteiger partial charge in [-0.25, -0.2) is 0 Å². The minimum atomic E-state index is -0.176. The first-order valence-corrected chi connectivity index (χ1v) is 13.1. The lowest BCUT2D eigenvalue weighted by Crippen LogP contribution is -2.43. The number of amides is 1. The van der Waals surface area contributed by atoms with E-state index in [0.717, 1.165) is 43.4 Å². The number of carbonyl (C=O) groups is 1. The Morgan fingerprint density at radius 3 is 2.69 bits per heavy atom. The number of aliphatic hydroxyl groups excluding tert-OH is 1. The van der Waals surface area contributed by atoms with Crippen molar-refractivity contribution >= 4 is 29.1 Å². The molecule has 190 valence electrons. The van der Waals surface area contributed by atoms with Gasteiger partial charge in [0.15, 0.2) is 6.29 Å². The molecule has 4 rings (SSSR count). The molecule has 2 unspecified atom stereocenters. The lowest BCUT2D eigenvalue weighted by Gasteiger charge is -2.34. The van der Waals surface area contributed by atoms with Crippen LogP contribution in [0.3, 0.4) is 0 Å². The van der Waals surface area contributed by atoms with Crippen molar-refractivity contribution < 1.29 is 19.4 Å². The van der Waals surface area contributed by atoms with Gasteiger partial charge in [0.25, 0.3) is 0 Å². The summed E-state index contributed by atoms with van der Waals surface area (Å²) in [6.45, 7) is 2.09. The quantitative estimate of drug-likeness (QED) is 0.518. The summed E-state index contributed by atoms with van der Waals surface area (Å²) in [5.41, 5.74) is 1.87. The molecule has 6 nitrogen and oxygen atoms in total. The highest BCUT2D eigenvalue weighted by Gasteiger charge is 2.36. The van der Waals surface area contributed by atoms with Crippen molar-refractivity contribution in [2.75, 3.05) is 33.4 Å². The van der Waals surface area contributed by atoms with Crippen LogP contribution < -0.4 is 0 Å². The monoisotopic (exact) mass is 520 g/mol. The Bertz CT molecular complexity index is 971. The molecular formula is C27H34Cl2N2O4. The molecule has 2 aliphatic heterocycles. The fraction of sp³-hybridized carbons (Fsp3) is 0.519. The minimum Gasteiger partial charge on any atom is -0.395 e. The molecule has 0 saturated carbocycles. The molecular weight excluding hydrogens is 487 g/mol. The van der Waals surface area contributed by atoms with Gasteiger partial charge in [0, 0.05) is 32.8 Å². The summed E-state index contributed by atoms with van der Waals surface area (Å²) < 4.78 is 12.0. The zero-order valence-electron chi connectivity index (χ0n) is 20.1. The predicted molar refractivity (Wildman–Crippen MR) is 138 cm³/mol. The molecule has 2 fully saturated rings. The molecule has 0 bridgehead atoms. The molecule has 1 N–H and O–H groups in total. The predicted octanol–water partition coefficient (Wildman–Crippen LogP) is 4.71. The van der Waals surface area contributed by atoms with Crippen LogP contribution >= 0.6 is 23.2 Å². The zero-order valence-corrected chi connectivity index (χ0v) is 21.6. The van der Waals surface area contributed by atoms with E-state index in [9.17, 15) is 9.90 Å². The molecule has 2 aromatic carbocycles. The number of benzene rings is 2. The molecule has 2 aromatic rings. The summed E-state index contributed by atoms with van der Waals surface area (Å²) in [5, 5.41) is 11.0. The number of aliphatic hydroxyl groups is 1. The van der Waals surface area contributed by atoms with Crippen LogP contribution in [0.1, 0.15) is 42.9 Å². The van der Waals surface area contributed by atoms with Gasteiger partial charge < -0.3 is 19.5 Å². The van der Waals surface area contributed by atoms with Crippen molar-refractivity contribution in [3.63, 3.8) is 0 Å². The van der Waals surface area contributed by atoms with Crippen LogP contribution in [-0.2, 0) is 20.7 Å². The van der Waals surface area contributed by atoms with E-state index in [1.54, 1.807) is 17.0 Å². The summed E-state index contributed by atoms with van der Waals surface area (Å²) in [7, 11) is 1.84. The molecule has 0 radical (unpaired) electrons. The summed E-state index contributed by atoms with van der Waals surface area (Å²) in [6, 6.07) is 15.1. The van der Waals surface area contributed by atoms with Gasteiger partial charge in [-0.1, -0.05) is 59.6 Å². The number of hydrogen-bond donors (Lipinski definition) is 1. The Labute approximate surface area is 217 Å². The first-order chi connectivity index (χ1) is 16.9. The lowest BCUT2D eigenvalue weighted by molar-refractivity contribution is -0.185. The maximum absolute atomic E-state index is 13.3. The topological polar surface area (TPSA) is 62.2 Å². The summed E-state index contributed by atoms with van der Waals surface area (Å²) in [6.07, 6.45) is 3.93. The minimum absolute atomic E-state index is 0.00360. The second kappa shape index (κ2) is 12.5. The molecule has 2 aliphatic rings. The Hall–Kier alpha value is -1.67. The van der Waals surface area contributed by atoms with Gasteiger partial charge in [-0.3, -0.25) is 9.69 Å². The van der Waals surface area contributed by atoms with Gasteiger partial charge >= 0.3 is 0 Å². The number of halogens is 2. The largest absolute Gasteiger partial charge is 0.395 e. The second-order valence-electron chi connectivity index (χ2n) is 9.44. The van der Waals surface area contributed by atoms with E-state index < -0.39 is 0 Å². The van der Waals surface area contributed by atoms with E-state index in [1.165, 1.54) is 0 Å². The highest BCUT2D eigenvalue weighted by atomic mass is 35.5. The van der Waals surface area contributed by atoms with Crippen molar-refractivity contribution in [2.45, 2.75) is 56.6 Å². The molecule has 2 saturated heterocycles. The lowest BCUT2D eigenvalue weighted by atomic mass is 10.0. The van der Waals surface area contributed by atoms with Crippen LogP contribution in [0.15, 0.2) is 48.5 Å². The Morgan fingerprint density at radius 2 is 2.00 bits per heavy atom. The van der Waals surface area contributed by atoms with E-state index in [-0.39, 0.29) is 43.4 Å². The van der Waals surface area contributed by atoms with Crippen LogP contribution in [0.5, 0.6) is 0 Å². The number of carbonyl (C=O) groups excluding carboxylic acids is 1. The van der Waals surface area contributed by atoms with Gasteiger partial charge in [0.2, 0.25) is 5.91 Å². The van der Waals surface area contributed by atoms with E-state index in [2.05, 4.69) is 4.90 Å². The third-order valence-corrected chi connectivity index (χ3v) is 7.71. The Balaban J connectivity index is 1.46. The van der Waals surface area contributed by atoms with E-state index >= 15 is 0 Å². The highest BCUT2D eigenvalue weighted by molar-refractivity contribution is 6.42. The molecule has 0 spiro atoms. The fourth-order valence-corrected chi connectivity index (χ4v) is 5.28. The summed E-state index contributed by atoms with van der Waals surface area (Å²) in [5.74, 6) is -0.0135. The standard InChI is InChI=1S/C27H34Cl2N2O4/c1-30(26(33)14-19-10-11-23(28)24(29)13-19)25(20-7-3-2-4-8-20)17-31-16-22(15-21(31)18-32)35-27-9-5-6-12-34-27/h2-4,7-8,10-11,13,21-22,25,27,32H,5-6,9,12,14-18H2,1H3/t21-,22+,25?,27?/m0/s1. The Morgan fingerprint density at radius 1 is 1.20 bits per heavy atom. The van der Waals surface area contributed by atoms with Crippen molar-refractivity contribution in [3.05, 3.63) is 69.7 Å². The highest BCUT2D eigenvalue weighted by Crippen LogP contribution is 2.29. The van der Waals surface area contributed by atoms with E-state index in [1.807, 2.05) is 43.4 Å². The van der Waals surface area contributed by atoms with Crippen LogP contribution in [-0.4, -0.2) is 72.6 Å². The van der Waals surface area contributed by atoms with E-state index in [0.29, 0.717) is 23.1 Å². The smallest absolute Gasteiger partial charge is 0.227 e. The number of likely N-dealkylation sites (tertiary alicyclic amines) is 1. The SMILES string of the molecule is CN(C(=O)Cc1ccc(Cl)c(Cl)c1)C(CN1C[C@H](OC2CCCCO2)C[C@H]1CO)c1ccccc1. The number of hydrogen-bond acceptors (Lipinski definition) is 5.